The maximum absolute atomic E-state index is 12.6. The first kappa shape index (κ1) is 17.8. The van der Waals surface area contributed by atoms with Crippen molar-refractivity contribution in [1.29, 1.82) is 0 Å². The molecule has 4 rings (SSSR count). The van der Waals surface area contributed by atoms with Crippen molar-refractivity contribution in [3.05, 3.63) is 0 Å². The molecular formula is C21H36N2O2. The van der Waals surface area contributed by atoms with E-state index >= 15 is 0 Å². The van der Waals surface area contributed by atoms with Crippen molar-refractivity contribution in [2.75, 3.05) is 39.3 Å². The number of piperidine rings is 2. The lowest BCUT2D eigenvalue weighted by atomic mass is 9.82. The van der Waals surface area contributed by atoms with Crippen LogP contribution in [0, 0.1) is 17.8 Å². The molecule has 0 bridgehead atoms. The van der Waals surface area contributed by atoms with Gasteiger partial charge < -0.3 is 14.5 Å². The number of hydrogen-bond acceptors (Lipinski definition) is 3. The predicted octanol–water partition coefficient (Wildman–Crippen LogP) is 3.31. The fourth-order valence-electron chi connectivity index (χ4n) is 5.72. The van der Waals surface area contributed by atoms with Gasteiger partial charge in [-0.25, -0.2) is 0 Å². The number of rotatable bonds is 4. The van der Waals surface area contributed by atoms with E-state index in [0.29, 0.717) is 24.2 Å². The van der Waals surface area contributed by atoms with E-state index in [1.165, 1.54) is 77.4 Å². The molecular weight excluding hydrogens is 312 g/mol. The Labute approximate surface area is 153 Å². The quantitative estimate of drug-likeness (QED) is 0.781. The molecule has 3 saturated heterocycles. The van der Waals surface area contributed by atoms with E-state index in [0.717, 1.165) is 25.6 Å². The Morgan fingerprint density at radius 2 is 1.68 bits per heavy atom. The summed E-state index contributed by atoms with van der Waals surface area (Å²) < 4.78 is 6.13. The molecule has 142 valence electrons. The highest BCUT2D eigenvalue weighted by molar-refractivity contribution is 5.76. The maximum Gasteiger partial charge on any atom is 0.225 e. The average Bonchev–Trinajstić information content (AvgIpc) is 3.05. The Hall–Kier alpha value is -0.610. The smallest absolute Gasteiger partial charge is 0.225 e. The summed E-state index contributed by atoms with van der Waals surface area (Å²) >= 11 is 0. The average molecular weight is 349 g/mol. The zero-order valence-corrected chi connectivity index (χ0v) is 15.8. The summed E-state index contributed by atoms with van der Waals surface area (Å²) in [6.07, 6.45) is 12.9. The molecule has 4 aliphatic rings. The van der Waals surface area contributed by atoms with Crippen LogP contribution in [-0.2, 0) is 9.53 Å². The van der Waals surface area contributed by atoms with Crippen LogP contribution in [-0.4, -0.2) is 61.1 Å². The Balaban J connectivity index is 1.25. The summed E-state index contributed by atoms with van der Waals surface area (Å²) in [4.78, 5) is 17.4. The number of carbonyl (C=O) groups excluding carboxylic acids is 1. The lowest BCUT2D eigenvalue weighted by Gasteiger charge is -2.38. The highest BCUT2D eigenvalue weighted by atomic mass is 16.5. The normalized spacial score (nSPS) is 34.9. The molecule has 0 radical (unpaired) electrons. The second-order valence-corrected chi connectivity index (χ2v) is 8.99. The number of nitrogens with zero attached hydrogens (tertiary/aromatic N) is 2. The van der Waals surface area contributed by atoms with Gasteiger partial charge in [0, 0.05) is 32.1 Å². The molecule has 3 heterocycles. The van der Waals surface area contributed by atoms with Crippen molar-refractivity contribution in [1.82, 2.24) is 9.80 Å². The largest absolute Gasteiger partial charge is 0.377 e. The van der Waals surface area contributed by atoms with E-state index in [-0.39, 0.29) is 6.10 Å². The summed E-state index contributed by atoms with van der Waals surface area (Å²) in [5.41, 5.74) is 0. The van der Waals surface area contributed by atoms with Gasteiger partial charge >= 0.3 is 0 Å². The van der Waals surface area contributed by atoms with Gasteiger partial charge in [0.25, 0.3) is 0 Å². The van der Waals surface area contributed by atoms with Gasteiger partial charge in [0.1, 0.15) is 0 Å². The van der Waals surface area contributed by atoms with Gasteiger partial charge in [0.2, 0.25) is 5.91 Å². The van der Waals surface area contributed by atoms with Crippen molar-refractivity contribution >= 4 is 5.91 Å². The van der Waals surface area contributed by atoms with E-state index in [9.17, 15) is 4.79 Å². The van der Waals surface area contributed by atoms with E-state index in [1.54, 1.807) is 0 Å². The van der Waals surface area contributed by atoms with Crippen LogP contribution in [0.2, 0.25) is 0 Å². The topological polar surface area (TPSA) is 32.8 Å². The van der Waals surface area contributed by atoms with E-state index < -0.39 is 0 Å². The van der Waals surface area contributed by atoms with Crippen molar-refractivity contribution in [2.45, 2.75) is 70.3 Å². The van der Waals surface area contributed by atoms with E-state index in [4.69, 9.17) is 4.74 Å². The van der Waals surface area contributed by atoms with Crippen LogP contribution >= 0.6 is 0 Å². The van der Waals surface area contributed by atoms with Gasteiger partial charge in [-0.3, -0.25) is 4.79 Å². The summed E-state index contributed by atoms with van der Waals surface area (Å²) in [6, 6.07) is 0. The fraction of sp³-hybridized carbons (Fsp3) is 0.952. The molecule has 4 heteroatoms. The molecule has 4 fully saturated rings. The third kappa shape index (κ3) is 4.39. The molecule has 3 aliphatic heterocycles. The lowest BCUT2D eigenvalue weighted by molar-refractivity contribution is -0.135. The Kier molecular flexibility index (Phi) is 5.97. The molecule has 1 amide bonds. The van der Waals surface area contributed by atoms with Gasteiger partial charge in [0.15, 0.2) is 0 Å². The molecule has 0 spiro atoms. The lowest BCUT2D eigenvalue weighted by Crippen LogP contribution is -2.44. The SMILES string of the molecule is O=C(C[C@@H]1OC[C@H]2CN(CC3CCCCC3)CC[C@H]21)N1CCCCC1. The van der Waals surface area contributed by atoms with Gasteiger partial charge in [0.05, 0.1) is 19.1 Å². The minimum Gasteiger partial charge on any atom is -0.377 e. The molecule has 0 aromatic rings. The highest BCUT2D eigenvalue weighted by Gasteiger charge is 2.42. The fourth-order valence-corrected chi connectivity index (χ4v) is 5.72. The van der Waals surface area contributed by atoms with Gasteiger partial charge in [-0.2, -0.15) is 0 Å². The molecule has 25 heavy (non-hydrogen) atoms. The van der Waals surface area contributed by atoms with Crippen LogP contribution in [0.25, 0.3) is 0 Å². The summed E-state index contributed by atoms with van der Waals surface area (Å²) in [5, 5.41) is 0. The number of fused-ring (bicyclic) bond motifs is 1. The molecule has 3 atom stereocenters. The number of amides is 1. The first-order valence-corrected chi connectivity index (χ1v) is 10.9. The Bertz CT molecular complexity index is 443. The summed E-state index contributed by atoms with van der Waals surface area (Å²) in [6.45, 7) is 6.54. The Morgan fingerprint density at radius 3 is 2.48 bits per heavy atom. The summed E-state index contributed by atoms with van der Waals surface area (Å²) in [7, 11) is 0. The first-order chi connectivity index (χ1) is 12.3. The molecule has 4 nitrogen and oxygen atoms in total. The Morgan fingerprint density at radius 1 is 0.920 bits per heavy atom. The van der Waals surface area contributed by atoms with Crippen LogP contribution < -0.4 is 0 Å². The van der Waals surface area contributed by atoms with Gasteiger partial charge in [-0.1, -0.05) is 19.3 Å². The summed E-state index contributed by atoms with van der Waals surface area (Å²) in [5.74, 6) is 2.56. The van der Waals surface area contributed by atoms with Crippen molar-refractivity contribution in [2.24, 2.45) is 17.8 Å². The van der Waals surface area contributed by atoms with Crippen LogP contribution in [0.1, 0.15) is 64.2 Å². The highest BCUT2D eigenvalue weighted by Crippen LogP contribution is 2.37. The second-order valence-electron chi connectivity index (χ2n) is 8.99. The number of likely N-dealkylation sites (tertiary alicyclic amines) is 2. The van der Waals surface area contributed by atoms with E-state index in [2.05, 4.69) is 9.80 Å². The predicted molar refractivity (Wildman–Crippen MR) is 99.4 cm³/mol. The molecule has 0 aromatic carbocycles. The number of hydrogen-bond donors (Lipinski definition) is 0. The van der Waals surface area contributed by atoms with Crippen LogP contribution in [0.3, 0.4) is 0 Å². The van der Waals surface area contributed by atoms with Crippen molar-refractivity contribution in [3.63, 3.8) is 0 Å². The zero-order valence-electron chi connectivity index (χ0n) is 15.8. The van der Waals surface area contributed by atoms with Crippen LogP contribution in [0.4, 0.5) is 0 Å². The molecule has 0 aromatic heterocycles. The minimum absolute atomic E-state index is 0.191. The number of ether oxygens (including phenoxy) is 1. The van der Waals surface area contributed by atoms with Crippen molar-refractivity contribution < 1.29 is 9.53 Å². The third-order valence-corrected chi connectivity index (χ3v) is 7.20. The third-order valence-electron chi connectivity index (χ3n) is 7.20. The van der Waals surface area contributed by atoms with Gasteiger partial charge in [-0.15, -0.1) is 0 Å². The maximum atomic E-state index is 12.6. The zero-order chi connectivity index (χ0) is 17.1. The van der Waals surface area contributed by atoms with E-state index in [1.807, 2.05) is 0 Å². The van der Waals surface area contributed by atoms with Crippen LogP contribution in [0.5, 0.6) is 0 Å². The number of carbonyl (C=O) groups is 1. The van der Waals surface area contributed by atoms with Crippen molar-refractivity contribution in [3.8, 4) is 0 Å². The first-order valence-electron chi connectivity index (χ1n) is 10.9. The monoisotopic (exact) mass is 348 g/mol. The molecule has 0 N–H and O–H groups in total. The van der Waals surface area contributed by atoms with Crippen LogP contribution in [0.15, 0.2) is 0 Å². The molecule has 1 saturated carbocycles. The van der Waals surface area contributed by atoms with Gasteiger partial charge in [-0.05, 0) is 56.9 Å². The standard InChI is InChI=1S/C21H36N2O2/c24-21(23-10-5-2-6-11-23)13-20-19-9-12-22(15-18(19)16-25-20)14-17-7-3-1-4-8-17/h17-20H,1-16H2/t18-,19-,20+/m1/s1. The molecule has 1 aliphatic carbocycles. The minimum atomic E-state index is 0.191. The molecule has 0 unspecified atom stereocenters. The second kappa shape index (κ2) is 8.39.